The highest BCUT2D eigenvalue weighted by molar-refractivity contribution is 5.87. The summed E-state index contributed by atoms with van der Waals surface area (Å²) in [4.78, 5) is 12.0. The number of esters is 1. The first-order chi connectivity index (χ1) is 9.95. The summed E-state index contributed by atoms with van der Waals surface area (Å²) in [7, 11) is 0. The Balaban J connectivity index is 2.07. The van der Waals surface area contributed by atoms with E-state index in [1.807, 2.05) is 19.1 Å². The van der Waals surface area contributed by atoms with E-state index in [0.29, 0.717) is 17.3 Å². The Morgan fingerprint density at radius 3 is 2.76 bits per heavy atom. The molecule has 2 N–H and O–H groups in total. The highest BCUT2D eigenvalue weighted by Gasteiger charge is 2.16. The first kappa shape index (κ1) is 15.1. The normalized spacial score (nSPS) is 12.4. The Kier molecular flexibility index (Phi) is 4.62. The van der Waals surface area contributed by atoms with Crippen molar-refractivity contribution in [1.29, 1.82) is 0 Å². The van der Waals surface area contributed by atoms with Crippen molar-refractivity contribution in [3.05, 3.63) is 42.2 Å². The van der Waals surface area contributed by atoms with Crippen molar-refractivity contribution in [3.8, 4) is 5.69 Å². The third-order valence-electron chi connectivity index (χ3n) is 3.04. The van der Waals surface area contributed by atoms with Crippen molar-refractivity contribution in [2.75, 3.05) is 5.73 Å². The fraction of sp³-hybridized carbons (Fsp3) is 0.375. The van der Waals surface area contributed by atoms with Crippen LogP contribution in [-0.2, 0) is 4.74 Å². The zero-order chi connectivity index (χ0) is 15.4. The minimum atomic E-state index is -0.397. The predicted octanol–water partition coefficient (Wildman–Crippen LogP) is 3.05. The molecule has 0 radical (unpaired) electrons. The van der Waals surface area contributed by atoms with E-state index >= 15 is 0 Å². The average Bonchev–Trinajstić information content (AvgIpc) is 2.87. The fourth-order valence-corrected chi connectivity index (χ4v) is 2.20. The smallest absolute Gasteiger partial charge is 0.359 e. The molecule has 5 heteroatoms. The number of benzene rings is 1. The average molecular weight is 287 g/mol. The van der Waals surface area contributed by atoms with Gasteiger partial charge in [0.2, 0.25) is 0 Å². The minimum Gasteiger partial charge on any atom is -0.458 e. The van der Waals surface area contributed by atoms with Crippen molar-refractivity contribution in [1.82, 2.24) is 9.78 Å². The van der Waals surface area contributed by atoms with E-state index in [1.165, 1.54) is 0 Å². The third kappa shape index (κ3) is 4.08. The predicted molar refractivity (Wildman–Crippen MR) is 82.3 cm³/mol. The Bertz CT molecular complexity index is 619. The van der Waals surface area contributed by atoms with Gasteiger partial charge >= 0.3 is 5.97 Å². The van der Waals surface area contributed by atoms with Gasteiger partial charge in [-0.15, -0.1) is 0 Å². The Hall–Kier alpha value is -2.30. The van der Waals surface area contributed by atoms with E-state index in [-0.39, 0.29) is 6.10 Å². The van der Waals surface area contributed by atoms with Gasteiger partial charge in [0.05, 0.1) is 11.8 Å². The molecule has 1 heterocycles. The van der Waals surface area contributed by atoms with Gasteiger partial charge in [0.1, 0.15) is 0 Å². The largest absolute Gasteiger partial charge is 0.458 e. The van der Waals surface area contributed by atoms with Crippen LogP contribution in [0, 0.1) is 5.92 Å². The molecule has 0 amide bonds. The van der Waals surface area contributed by atoms with E-state index < -0.39 is 5.97 Å². The lowest BCUT2D eigenvalue weighted by molar-refractivity contribution is 0.0292. The zero-order valence-electron chi connectivity index (χ0n) is 12.6. The lowest BCUT2D eigenvalue weighted by atomic mass is 10.1. The number of nitrogens with zero attached hydrogens (tertiary/aromatic N) is 2. The number of hydrogen-bond acceptors (Lipinski definition) is 4. The number of nitrogens with two attached hydrogens (primary N) is 1. The first-order valence-corrected chi connectivity index (χ1v) is 7.08. The first-order valence-electron chi connectivity index (χ1n) is 7.08. The molecule has 1 atom stereocenters. The molecular weight excluding hydrogens is 266 g/mol. The Morgan fingerprint density at radius 2 is 2.10 bits per heavy atom. The molecule has 112 valence electrons. The standard InChI is InChI=1S/C16H21N3O2/c1-11(2)9-12(3)21-16(20)15-7-8-19(18-15)14-6-4-5-13(17)10-14/h4-8,10-12H,9,17H2,1-3H3. The van der Waals surface area contributed by atoms with Gasteiger partial charge in [-0.2, -0.15) is 5.10 Å². The summed E-state index contributed by atoms with van der Waals surface area (Å²) in [6.45, 7) is 6.09. The Morgan fingerprint density at radius 1 is 1.33 bits per heavy atom. The second-order valence-corrected chi connectivity index (χ2v) is 5.59. The van der Waals surface area contributed by atoms with E-state index in [9.17, 15) is 4.79 Å². The molecule has 0 spiro atoms. The number of ether oxygens (including phenoxy) is 1. The third-order valence-corrected chi connectivity index (χ3v) is 3.04. The summed E-state index contributed by atoms with van der Waals surface area (Å²) in [5.74, 6) is 0.0865. The molecule has 1 aromatic carbocycles. The monoisotopic (exact) mass is 287 g/mol. The number of carbonyl (C=O) groups excluding carboxylic acids is 1. The van der Waals surface area contributed by atoms with Crippen molar-refractivity contribution in [3.63, 3.8) is 0 Å². The second-order valence-electron chi connectivity index (χ2n) is 5.59. The summed E-state index contributed by atoms with van der Waals surface area (Å²) < 4.78 is 6.99. The molecule has 1 aromatic heterocycles. The molecule has 0 bridgehead atoms. The number of nitrogen functional groups attached to an aromatic ring is 1. The summed E-state index contributed by atoms with van der Waals surface area (Å²) in [6.07, 6.45) is 2.44. The number of hydrogen-bond donors (Lipinski definition) is 1. The zero-order valence-corrected chi connectivity index (χ0v) is 12.6. The molecule has 0 saturated heterocycles. The summed E-state index contributed by atoms with van der Waals surface area (Å²) >= 11 is 0. The molecule has 0 saturated carbocycles. The maximum Gasteiger partial charge on any atom is 0.359 e. The summed E-state index contributed by atoms with van der Waals surface area (Å²) in [6, 6.07) is 8.96. The Labute approximate surface area is 124 Å². The molecule has 0 aliphatic rings. The molecule has 2 rings (SSSR count). The fourth-order valence-electron chi connectivity index (χ4n) is 2.20. The van der Waals surface area contributed by atoms with Crippen molar-refractivity contribution in [2.24, 2.45) is 5.92 Å². The molecule has 0 aliphatic heterocycles. The molecule has 0 fully saturated rings. The van der Waals surface area contributed by atoms with Gasteiger partial charge in [-0.1, -0.05) is 19.9 Å². The van der Waals surface area contributed by atoms with Crippen LogP contribution in [-0.4, -0.2) is 21.9 Å². The van der Waals surface area contributed by atoms with Gasteiger partial charge in [-0.25, -0.2) is 9.48 Å². The number of aromatic nitrogens is 2. The van der Waals surface area contributed by atoms with Crippen LogP contribution < -0.4 is 5.73 Å². The van der Waals surface area contributed by atoms with Gasteiger partial charge in [-0.3, -0.25) is 0 Å². The summed E-state index contributed by atoms with van der Waals surface area (Å²) in [5, 5.41) is 4.24. The van der Waals surface area contributed by atoms with E-state index in [0.717, 1.165) is 12.1 Å². The van der Waals surface area contributed by atoms with Crippen LogP contribution in [0.5, 0.6) is 0 Å². The van der Waals surface area contributed by atoms with Crippen LogP contribution in [0.2, 0.25) is 0 Å². The highest BCUT2D eigenvalue weighted by atomic mass is 16.5. The van der Waals surface area contributed by atoms with Gasteiger partial charge in [-0.05, 0) is 43.5 Å². The van der Waals surface area contributed by atoms with E-state index in [1.54, 1.807) is 29.1 Å². The van der Waals surface area contributed by atoms with E-state index in [2.05, 4.69) is 18.9 Å². The van der Waals surface area contributed by atoms with Gasteiger partial charge in [0.15, 0.2) is 5.69 Å². The molecule has 1 unspecified atom stereocenters. The van der Waals surface area contributed by atoms with Gasteiger partial charge in [0, 0.05) is 11.9 Å². The summed E-state index contributed by atoms with van der Waals surface area (Å²) in [5.41, 5.74) is 7.50. The quantitative estimate of drug-likeness (QED) is 0.678. The maximum absolute atomic E-state index is 12.0. The van der Waals surface area contributed by atoms with Crippen LogP contribution in [0.25, 0.3) is 5.69 Å². The van der Waals surface area contributed by atoms with Crippen molar-refractivity contribution in [2.45, 2.75) is 33.3 Å². The lowest BCUT2D eigenvalue weighted by Gasteiger charge is -2.14. The number of anilines is 1. The van der Waals surface area contributed by atoms with Crippen LogP contribution in [0.1, 0.15) is 37.7 Å². The molecule has 21 heavy (non-hydrogen) atoms. The van der Waals surface area contributed by atoms with Crippen LogP contribution in [0.4, 0.5) is 5.69 Å². The minimum absolute atomic E-state index is 0.116. The van der Waals surface area contributed by atoms with Gasteiger partial charge < -0.3 is 10.5 Å². The molecule has 0 aliphatic carbocycles. The van der Waals surface area contributed by atoms with Crippen LogP contribution >= 0.6 is 0 Å². The molecule has 5 nitrogen and oxygen atoms in total. The highest BCUT2D eigenvalue weighted by Crippen LogP contribution is 2.13. The number of carbonyl (C=O) groups is 1. The van der Waals surface area contributed by atoms with E-state index in [4.69, 9.17) is 10.5 Å². The van der Waals surface area contributed by atoms with Gasteiger partial charge in [0.25, 0.3) is 0 Å². The molecule has 2 aromatic rings. The second kappa shape index (κ2) is 6.43. The van der Waals surface area contributed by atoms with Crippen molar-refractivity contribution < 1.29 is 9.53 Å². The van der Waals surface area contributed by atoms with Crippen LogP contribution in [0.15, 0.2) is 36.5 Å². The molecular formula is C16H21N3O2. The van der Waals surface area contributed by atoms with Crippen LogP contribution in [0.3, 0.4) is 0 Å². The topological polar surface area (TPSA) is 70.1 Å². The lowest BCUT2D eigenvalue weighted by Crippen LogP contribution is -2.17. The van der Waals surface area contributed by atoms with Crippen molar-refractivity contribution >= 4 is 11.7 Å². The number of rotatable bonds is 5. The maximum atomic E-state index is 12.0. The SMILES string of the molecule is CC(C)CC(C)OC(=O)c1ccn(-c2cccc(N)c2)n1.